The Morgan fingerprint density at radius 3 is 1.97 bits per heavy atom. The van der Waals surface area contributed by atoms with Crippen molar-refractivity contribution in [3.8, 4) is 34.3 Å². The molecule has 0 aliphatic heterocycles. The van der Waals surface area contributed by atoms with Gasteiger partial charge in [-0.2, -0.15) is 0 Å². The fourth-order valence-corrected chi connectivity index (χ4v) is 3.23. The van der Waals surface area contributed by atoms with Gasteiger partial charge in [0.2, 0.25) is 11.8 Å². The lowest BCUT2D eigenvalue weighted by Gasteiger charge is -1.99. The number of aromatic amines is 1. The first-order valence-corrected chi connectivity index (χ1v) is 9.24. The van der Waals surface area contributed by atoms with E-state index in [0.717, 1.165) is 28.0 Å². The maximum absolute atomic E-state index is 13.1. The molecule has 0 fully saturated rings. The number of nitrogens with one attached hydrogen (secondary N) is 1. The SMILES string of the molecule is Cc1cc2nc(-c3ccc(-c4nnc(-c5ccc(F)cc5)o4)cc3)[nH]c2cc1C. The highest BCUT2D eigenvalue weighted by atomic mass is 19.1. The van der Waals surface area contributed by atoms with Gasteiger partial charge in [-0.25, -0.2) is 9.37 Å². The second-order valence-electron chi connectivity index (χ2n) is 7.04. The van der Waals surface area contributed by atoms with Crippen LogP contribution in [-0.4, -0.2) is 20.2 Å². The number of nitrogens with zero attached hydrogens (tertiary/aromatic N) is 3. The molecular formula is C23H17FN4O. The minimum Gasteiger partial charge on any atom is -0.416 e. The Labute approximate surface area is 166 Å². The maximum atomic E-state index is 13.1. The topological polar surface area (TPSA) is 67.6 Å². The van der Waals surface area contributed by atoms with Crippen molar-refractivity contribution in [2.75, 3.05) is 0 Å². The van der Waals surface area contributed by atoms with Gasteiger partial charge >= 0.3 is 0 Å². The highest BCUT2D eigenvalue weighted by molar-refractivity contribution is 5.81. The number of H-pyrrole nitrogens is 1. The zero-order valence-electron chi connectivity index (χ0n) is 15.9. The van der Waals surface area contributed by atoms with E-state index in [1.165, 1.54) is 23.3 Å². The van der Waals surface area contributed by atoms with Crippen molar-refractivity contribution in [2.24, 2.45) is 0 Å². The van der Waals surface area contributed by atoms with Crippen molar-refractivity contribution >= 4 is 11.0 Å². The van der Waals surface area contributed by atoms with E-state index in [9.17, 15) is 4.39 Å². The molecule has 3 aromatic carbocycles. The van der Waals surface area contributed by atoms with E-state index in [2.05, 4.69) is 41.2 Å². The first-order chi connectivity index (χ1) is 14.1. The third-order valence-electron chi connectivity index (χ3n) is 5.02. The molecule has 0 unspecified atom stereocenters. The van der Waals surface area contributed by atoms with Gasteiger partial charge in [-0.3, -0.25) is 0 Å². The number of aryl methyl sites for hydroxylation is 2. The molecule has 5 rings (SSSR count). The number of hydrogen-bond acceptors (Lipinski definition) is 4. The van der Waals surface area contributed by atoms with Gasteiger partial charge < -0.3 is 9.40 Å². The zero-order chi connectivity index (χ0) is 20.0. The number of fused-ring (bicyclic) bond motifs is 1. The van der Waals surface area contributed by atoms with Gasteiger partial charge in [0.15, 0.2) is 0 Å². The lowest BCUT2D eigenvalue weighted by atomic mass is 10.1. The number of hydrogen-bond donors (Lipinski definition) is 1. The molecule has 0 aliphatic carbocycles. The Morgan fingerprint density at radius 2 is 1.31 bits per heavy atom. The van der Waals surface area contributed by atoms with Gasteiger partial charge in [-0.15, -0.1) is 10.2 Å². The van der Waals surface area contributed by atoms with E-state index >= 15 is 0 Å². The Hall–Kier alpha value is -3.80. The molecule has 1 N–H and O–H groups in total. The Bertz CT molecular complexity index is 1280. The van der Waals surface area contributed by atoms with Crippen LogP contribution in [0.1, 0.15) is 11.1 Å². The van der Waals surface area contributed by atoms with Crippen LogP contribution in [0.15, 0.2) is 65.1 Å². The molecule has 142 valence electrons. The Morgan fingerprint density at radius 1 is 0.759 bits per heavy atom. The summed E-state index contributed by atoms with van der Waals surface area (Å²) in [7, 11) is 0. The second-order valence-corrected chi connectivity index (χ2v) is 7.04. The monoisotopic (exact) mass is 384 g/mol. The van der Waals surface area contributed by atoms with E-state index in [4.69, 9.17) is 9.40 Å². The van der Waals surface area contributed by atoms with Gasteiger partial charge in [0.25, 0.3) is 0 Å². The fraction of sp³-hybridized carbons (Fsp3) is 0.0870. The maximum Gasteiger partial charge on any atom is 0.248 e. The predicted octanol–water partition coefficient (Wildman–Crippen LogP) is 5.70. The number of halogens is 1. The minimum atomic E-state index is -0.306. The highest BCUT2D eigenvalue weighted by Crippen LogP contribution is 2.27. The summed E-state index contributed by atoms with van der Waals surface area (Å²) in [6.45, 7) is 4.18. The number of rotatable bonds is 3. The van der Waals surface area contributed by atoms with Crippen LogP contribution in [0.5, 0.6) is 0 Å². The molecule has 0 saturated heterocycles. The van der Waals surface area contributed by atoms with Crippen molar-refractivity contribution in [3.63, 3.8) is 0 Å². The van der Waals surface area contributed by atoms with Crippen LogP contribution in [0, 0.1) is 19.7 Å². The van der Waals surface area contributed by atoms with Crippen molar-refractivity contribution < 1.29 is 8.81 Å². The molecular weight excluding hydrogens is 367 g/mol. The van der Waals surface area contributed by atoms with Gasteiger partial charge in [0.05, 0.1) is 11.0 Å². The van der Waals surface area contributed by atoms with Crippen molar-refractivity contribution in [3.05, 3.63) is 77.6 Å². The minimum absolute atomic E-state index is 0.306. The molecule has 0 atom stereocenters. The average molecular weight is 384 g/mol. The van der Waals surface area contributed by atoms with Crippen LogP contribution in [0.2, 0.25) is 0 Å². The first-order valence-electron chi connectivity index (χ1n) is 9.24. The fourth-order valence-electron chi connectivity index (χ4n) is 3.23. The smallest absolute Gasteiger partial charge is 0.248 e. The standard InChI is InChI=1S/C23H17FN4O/c1-13-11-19-20(12-14(13)2)26-21(25-19)15-3-5-16(6-4-15)22-27-28-23(29-22)17-7-9-18(24)10-8-17/h3-12H,1-2H3,(H,25,26). The zero-order valence-corrected chi connectivity index (χ0v) is 15.9. The van der Waals surface area contributed by atoms with E-state index in [-0.39, 0.29) is 5.82 Å². The molecule has 0 spiro atoms. The first kappa shape index (κ1) is 17.3. The summed E-state index contributed by atoms with van der Waals surface area (Å²) < 4.78 is 18.8. The Kier molecular flexibility index (Phi) is 3.98. The summed E-state index contributed by atoms with van der Waals surface area (Å²) in [5.41, 5.74) is 6.88. The van der Waals surface area contributed by atoms with E-state index in [0.29, 0.717) is 17.3 Å². The van der Waals surface area contributed by atoms with Crippen LogP contribution in [0.25, 0.3) is 45.3 Å². The van der Waals surface area contributed by atoms with Crippen LogP contribution in [0.3, 0.4) is 0 Å². The highest BCUT2D eigenvalue weighted by Gasteiger charge is 2.12. The number of benzene rings is 3. The van der Waals surface area contributed by atoms with Gasteiger partial charge in [-0.05, 0) is 73.5 Å². The molecule has 6 heteroatoms. The summed E-state index contributed by atoms with van der Waals surface area (Å²) >= 11 is 0. The summed E-state index contributed by atoms with van der Waals surface area (Å²) in [6, 6.07) is 17.9. The van der Waals surface area contributed by atoms with E-state index < -0.39 is 0 Å². The van der Waals surface area contributed by atoms with Crippen LogP contribution < -0.4 is 0 Å². The molecule has 2 heterocycles. The molecule has 29 heavy (non-hydrogen) atoms. The van der Waals surface area contributed by atoms with Crippen molar-refractivity contribution in [1.29, 1.82) is 0 Å². The lowest BCUT2D eigenvalue weighted by molar-refractivity contribution is 0.584. The largest absolute Gasteiger partial charge is 0.416 e. The van der Waals surface area contributed by atoms with E-state index in [1.54, 1.807) is 12.1 Å². The molecule has 0 saturated carbocycles. The summed E-state index contributed by atoms with van der Waals surface area (Å²) in [6.07, 6.45) is 0. The van der Waals surface area contributed by atoms with Gasteiger partial charge in [0, 0.05) is 16.7 Å². The molecule has 0 aliphatic rings. The van der Waals surface area contributed by atoms with Crippen molar-refractivity contribution in [1.82, 2.24) is 20.2 Å². The molecule has 0 amide bonds. The lowest BCUT2D eigenvalue weighted by Crippen LogP contribution is -1.82. The number of aromatic nitrogens is 4. The van der Waals surface area contributed by atoms with Gasteiger partial charge in [-0.1, -0.05) is 12.1 Å². The Balaban J connectivity index is 1.44. The molecule has 2 aromatic heterocycles. The predicted molar refractivity (Wildman–Crippen MR) is 110 cm³/mol. The normalized spacial score (nSPS) is 11.3. The average Bonchev–Trinajstić information content (AvgIpc) is 3.37. The van der Waals surface area contributed by atoms with Gasteiger partial charge in [0.1, 0.15) is 11.6 Å². The second kappa shape index (κ2) is 6.67. The van der Waals surface area contributed by atoms with Crippen LogP contribution in [0.4, 0.5) is 4.39 Å². The van der Waals surface area contributed by atoms with Crippen molar-refractivity contribution in [2.45, 2.75) is 13.8 Å². The molecule has 5 nitrogen and oxygen atoms in total. The molecule has 0 radical (unpaired) electrons. The quantitative estimate of drug-likeness (QED) is 0.433. The summed E-state index contributed by atoms with van der Waals surface area (Å²) in [5.74, 6) is 1.27. The molecule has 0 bridgehead atoms. The summed E-state index contributed by atoms with van der Waals surface area (Å²) in [5, 5.41) is 8.17. The number of imidazole rings is 1. The molecule has 5 aromatic rings. The third kappa shape index (κ3) is 3.18. The van der Waals surface area contributed by atoms with Crippen LogP contribution in [-0.2, 0) is 0 Å². The van der Waals surface area contributed by atoms with Crippen LogP contribution >= 0.6 is 0 Å². The third-order valence-corrected chi connectivity index (χ3v) is 5.02. The van der Waals surface area contributed by atoms with E-state index in [1.807, 2.05) is 24.3 Å². The summed E-state index contributed by atoms with van der Waals surface area (Å²) in [4.78, 5) is 8.08.